The highest BCUT2D eigenvalue weighted by atomic mass is 16.4. The average Bonchev–Trinajstić information content (AvgIpc) is 0.909. The quantitative estimate of drug-likeness (QED) is 0.0255. The number of nitrogens with one attached hydrogen (secondary N) is 8. The van der Waals surface area contributed by atoms with Crippen LogP contribution in [0, 0.1) is 0 Å². The number of hydrogen-bond acceptors (Lipinski definition) is 15. The Hall–Kier alpha value is -10.7. The summed E-state index contributed by atoms with van der Waals surface area (Å²) in [4.78, 5) is 150. The first kappa shape index (κ1) is 73.1. The van der Waals surface area contributed by atoms with E-state index >= 15 is 0 Å². The van der Waals surface area contributed by atoms with Crippen molar-refractivity contribution in [2.75, 3.05) is 39.3 Å². The van der Waals surface area contributed by atoms with Crippen LogP contribution in [0.2, 0.25) is 0 Å². The molecule has 0 aliphatic carbocycles. The summed E-state index contributed by atoms with van der Waals surface area (Å²) in [6.45, 7) is -0.406. The molecule has 518 valence electrons. The zero-order valence-electron chi connectivity index (χ0n) is 54.4. The van der Waals surface area contributed by atoms with Gasteiger partial charge in [0.25, 0.3) is 0 Å². The number of fused-ring (bicyclic) bond motifs is 2. The molecule has 7 atom stereocenters. The van der Waals surface area contributed by atoms with E-state index < -0.39 is 120 Å². The Kier molecular flexibility index (Phi) is 27.1. The van der Waals surface area contributed by atoms with Crippen molar-refractivity contribution in [3.8, 4) is 11.5 Å². The van der Waals surface area contributed by atoms with Crippen molar-refractivity contribution in [3.05, 3.63) is 179 Å². The van der Waals surface area contributed by atoms with E-state index in [1.165, 1.54) is 34.1 Å². The number of benzene rings is 6. The monoisotopic (exact) mass is 1340 g/mol. The van der Waals surface area contributed by atoms with E-state index in [0.717, 1.165) is 38.6 Å². The summed E-state index contributed by atoms with van der Waals surface area (Å²) in [6.07, 6.45) is 2.03. The van der Waals surface area contributed by atoms with Gasteiger partial charge in [-0.3, -0.25) is 47.9 Å². The van der Waals surface area contributed by atoms with Crippen LogP contribution in [0.3, 0.4) is 0 Å². The zero-order chi connectivity index (χ0) is 70.1. The van der Waals surface area contributed by atoms with Crippen LogP contribution in [-0.4, -0.2) is 172 Å². The number of carbonyl (C=O) groups is 11. The molecule has 2 aliphatic rings. The maximum atomic E-state index is 14.5. The maximum Gasteiger partial charge on any atom is 0.326 e. The molecule has 0 spiro atoms. The number of unbranched alkanes of at least 4 members (excludes halogenated alkanes) is 1. The summed E-state index contributed by atoms with van der Waals surface area (Å²) in [5, 5.41) is 52.3. The van der Waals surface area contributed by atoms with Crippen LogP contribution in [0.4, 0.5) is 0 Å². The predicted molar refractivity (Wildman–Crippen MR) is 363 cm³/mol. The fourth-order valence-corrected chi connectivity index (χ4v) is 12.0. The topological polar surface area (TPSA) is 403 Å². The highest BCUT2D eigenvalue weighted by Crippen LogP contribution is 2.26. The number of likely N-dealkylation sites (tertiary alicyclic amines) is 1. The summed E-state index contributed by atoms with van der Waals surface area (Å²) in [6, 6.07) is 34.5. The van der Waals surface area contributed by atoms with Gasteiger partial charge in [-0.25, -0.2) is 4.79 Å². The van der Waals surface area contributed by atoms with Crippen molar-refractivity contribution in [2.45, 2.75) is 132 Å². The minimum absolute atomic E-state index is 0.00857. The van der Waals surface area contributed by atoms with E-state index in [1.807, 2.05) is 66.7 Å². The first-order valence-corrected chi connectivity index (χ1v) is 32.9. The summed E-state index contributed by atoms with van der Waals surface area (Å²) >= 11 is 0. The van der Waals surface area contributed by atoms with Gasteiger partial charge >= 0.3 is 5.97 Å². The van der Waals surface area contributed by atoms with Crippen LogP contribution < -0.4 is 54.0 Å². The molecule has 6 aromatic carbocycles. The molecule has 10 amide bonds. The van der Waals surface area contributed by atoms with Gasteiger partial charge in [0.2, 0.25) is 59.1 Å². The smallest absolute Gasteiger partial charge is 0.326 e. The van der Waals surface area contributed by atoms with Gasteiger partial charge in [-0.2, -0.15) is 0 Å². The van der Waals surface area contributed by atoms with E-state index in [-0.39, 0.29) is 102 Å². The molecule has 0 unspecified atom stereocenters. The number of carboxylic acids is 1. The van der Waals surface area contributed by atoms with Crippen LogP contribution >= 0.6 is 0 Å². The molecule has 2 aliphatic heterocycles. The minimum Gasteiger partial charge on any atom is -0.508 e. The average molecular weight is 1340 g/mol. The summed E-state index contributed by atoms with van der Waals surface area (Å²) in [7, 11) is 0. The summed E-state index contributed by atoms with van der Waals surface area (Å²) < 4.78 is 0. The number of nitrogens with zero attached hydrogens (tertiary/aromatic N) is 2. The molecular formula is C72H86N12O14. The number of hydrogen-bond donors (Lipinski definition) is 13. The Bertz CT molecular complexity index is 3780. The van der Waals surface area contributed by atoms with Crippen LogP contribution in [0.25, 0.3) is 10.8 Å². The Labute approximate surface area is 567 Å². The fraction of sp³-hybridized carbons (Fsp3) is 0.375. The molecule has 15 N–H and O–H groups in total. The number of amides is 10. The third-order valence-electron chi connectivity index (χ3n) is 17.2. The van der Waals surface area contributed by atoms with Crippen LogP contribution in [0.5, 0.6) is 11.5 Å². The van der Waals surface area contributed by atoms with E-state index in [2.05, 4.69) is 42.5 Å². The number of phenols is 2. The van der Waals surface area contributed by atoms with Gasteiger partial charge in [-0.15, -0.1) is 0 Å². The number of aliphatic carboxylic acids is 1. The first-order chi connectivity index (χ1) is 47.2. The third kappa shape index (κ3) is 21.9. The lowest BCUT2D eigenvalue weighted by Gasteiger charge is -2.37. The minimum atomic E-state index is -1.26. The van der Waals surface area contributed by atoms with E-state index in [1.54, 1.807) is 54.6 Å². The lowest BCUT2D eigenvalue weighted by molar-refractivity contribution is -0.143. The highest BCUT2D eigenvalue weighted by molar-refractivity contribution is 5.97. The molecule has 1 fully saturated rings. The number of carbonyl (C=O) groups excluding carboxylic acids is 10. The van der Waals surface area contributed by atoms with Crippen LogP contribution in [0.1, 0.15) is 84.7 Å². The standard InChI is InChI=1S/C72H86N12O14/c73-55(37-46-24-28-52(85)29-25-46)70(95)83-36-12-22-60(83)69(94)82-58(39-45-13-2-1-3-14-45)67(92)81-59(40-50-19-10-18-48-15-6-7-20-54(48)50)66(91)78-42-65(90)77-35-32-62(87)75-33-9-8-21-57(72(97)98)80-63(88)23-11-34-76-64(89)43-79-68(93)61-41-49-16-4-5-17-51(49)44-84(61)71(96)56(74)38-47-26-30-53(86)31-27-47/h1-7,10,13-20,24-31,55-61,85-86H,8-9,11-12,21-23,32-44,73-74H2,(H,75,87)(H,76,89)(H,77,90)(H,78,91)(H,79,93)(H,80,88)(H,81,92)(H,82,94)(H,97,98)/t55-,56-,57+,58-,59+,60-,61+/m0/s1. The van der Waals surface area contributed by atoms with Crippen molar-refractivity contribution in [1.82, 2.24) is 52.3 Å². The molecule has 0 saturated carbocycles. The normalized spacial score (nSPS) is 15.6. The van der Waals surface area contributed by atoms with E-state index in [9.17, 15) is 68.1 Å². The molecule has 26 heteroatoms. The van der Waals surface area contributed by atoms with E-state index in [0.29, 0.717) is 31.2 Å². The molecule has 1 saturated heterocycles. The van der Waals surface area contributed by atoms with E-state index in [4.69, 9.17) is 11.5 Å². The number of rotatable bonds is 34. The maximum absolute atomic E-state index is 14.5. The molecule has 0 aromatic heterocycles. The van der Waals surface area contributed by atoms with Gasteiger partial charge in [0.05, 0.1) is 25.2 Å². The van der Waals surface area contributed by atoms with Crippen molar-refractivity contribution < 1.29 is 68.1 Å². The van der Waals surface area contributed by atoms with Crippen molar-refractivity contribution in [1.29, 1.82) is 0 Å². The second-order valence-electron chi connectivity index (χ2n) is 24.5. The van der Waals surface area contributed by atoms with Gasteiger partial charge in [0, 0.05) is 64.8 Å². The Balaban J connectivity index is 0.738. The van der Waals surface area contributed by atoms with Gasteiger partial charge in [0.15, 0.2) is 0 Å². The molecule has 0 bridgehead atoms. The largest absolute Gasteiger partial charge is 0.508 e. The van der Waals surface area contributed by atoms with Crippen LogP contribution in [0.15, 0.2) is 146 Å². The van der Waals surface area contributed by atoms with Crippen LogP contribution in [-0.2, 0) is 91.4 Å². The zero-order valence-corrected chi connectivity index (χ0v) is 54.4. The van der Waals surface area contributed by atoms with Crippen molar-refractivity contribution in [2.24, 2.45) is 11.5 Å². The molecule has 8 rings (SSSR count). The van der Waals surface area contributed by atoms with Gasteiger partial charge in [-0.1, -0.05) is 121 Å². The number of aromatic hydroxyl groups is 2. The lowest BCUT2D eigenvalue weighted by atomic mass is 9.92. The first-order valence-electron chi connectivity index (χ1n) is 32.9. The third-order valence-corrected chi connectivity index (χ3v) is 17.2. The lowest BCUT2D eigenvalue weighted by Crippen LogP contribution is -2.58. The summed E-state index contributed by atoms with van der Waals surface area (Å²) in [5.41, 5.74) is 17.3. The Morgan fingerprint density at radius 3 is 1.72 bits per heavy atom. The van der Waals surface area contributed by atoms with Crippen molar-refractivity contribution >= 4 is 75.8 Å². The molecular weight excluding hydrogens is 1260 g/mol. The fourth-order valence-electron chi connectivity index (χ4n) is 12.0. The molecule has 6 aromatic rings. The second-order valence-corrected chi connectivity index (χ2v) is 24.5. The number of carboxylic acid groups (broad SMARTS) is 1. The van der Waals surface area contributed by atoms with Gasteiger partial charge in [-0.05, 0) is 120 Å². The summed E-state index contributed by atoms with van der Waals surface area (Å²) in [5.74, 6) is -6.68. The SMILES string of the molecule is N[C@@H](Cc1ccc(O)cc1)C(=O)N1Cc2ccccc2C[C@@H]1C(=O)NCC(=O)NCCCC(=O)N[C@H](CCCCNC(=O)CCNC(=O)CNC(=O)[C@@H](Cc1cccc2ccccc12)NC(=O)[C@H](Cc1ccccc1)NC(=O)[C@@H]1CCCN1C(=O)[C@@H](N)Cc1ccc(O)cc1)C(=O)O. The number of nitrogens with two attached hydrogens (primary N) is 2. The van der Waals surface area contributed by atoms with Gasteiger partial charge in [0.1, 0.15) is 41.7 Å². The Morgan fingerprint density at radius 1 is 0.469 bits per heavy atom. The molecule has 26 nitrogen and oxygen atoms in total. The molecule has 0 radical (unpaired) electrons. The second kappa shape index (κ2) is 36.4. The highest BCUT2D eigenvalue weighted by Gasteiger charge is 2.40. The molecule has 2 heterocycles. The Morgan fingerprint density at radius 2 is 1.04 bits per heavy atom. The van der Waals surface area contributed by atoms with Gasteiger partial charge < -0.3 is 79.1 Å². The molecule has 98 heavy (non-hydrogen) atoms. The predicted octanol–water partition coefficient (Wildman–Crippen LogP) is 1.58. The number of phenolic OH excluding ortho intramolecular Hbond substituents is 2. The van der Waals surface area contributed by atoms with Crippen molar-refractivity contribution in [3.63, 3.8) is 0 Å².